The van der Waals surface area contributed by atoms with Gasteiger partial charge in [0.2, 0.25) is 0 Å². The van der Waals surface area contributed by atoms with Crippen LogP contribution in [0.1, 0.15) is 49.9 Å². The second-order valence-electron chi connectivity index (χ2n) is 17.6. The van der Waals surface area contributed by atoms with Crippen LogP contribution in [0, 0.1) is 11.6 Å². The summed E-state index contributed by atoms with van der Waals surface area (Å²) in [6.45, 7) is 9.17. The van der Waals surface area contributed by atoms with E-state index in [1.807, 2.05) is 24.3 Å². The van der Waals surface area contributed by atoms with Gasteiger partial charge in [-0.2, -0.15) is 0 Å². The topological polar surface area (TPSA) is 6.48 Å². The van der Waals surface area contributed by atoms with Gasteiger partial charge in [-0.3, -0.25) is 0 Å². The third kappa shape index (κ3) is 5.89. The first-order valence-electron chi connectivity index (χ1n) is 21.3. The minimum absolute atomic E-state index is 0.164. The summed E-state index contributed by atoms with van der Waals surface area (Å²) in [5.74, 6) is -0.542. The molecule has 0 radical (unpaired) electrons. The van der Waals surface area contributed by atoms with E-state index in [9.17, 15) is 8.78 Å². The molecule has 0 fully saturated rings. The lowest BCUT2D eigenvalue weighted by Gasteiger charge is -2.29. The van der Waals surface area contributed by atoms with Crippen LogP contribution in [0.4, 0.5) is 42.9 Å². The van der Waals surface area contributed by atoms with Gasteiger partial charge in [0, 0.05) is 44.7 Å². The van der Waals surface area contributed by atoms with Crippen molar-refractivity contribution in [2.24, 2.45) is 0 Å². The Morgan fingerprint density at radius 2 is 0.710 bits per heavy atom. The van der Waals surface area contributed by atoms with Crippen molar-refractivity contribution >= 4 is 44.9 Å². The van der Waals surface area contributed by atoms with Gasteiger partial charge in [0.25, 0.3) is 0 Å². The number of halogens is 2. The van der Waals surface area contributed by atoms with Crippen LogP contribution >= 0.6 is 0 Å². The zero-order chi connectivity index (χ0) is 42.3. The summed E-state index contributed by atoms with van der Waals surface area (Å²) in [6.07, 6.45) is 0. The van der Waals surface area contributed by atoms with Crippen LogP contribution in [-0.4, -0.2) is 0 Å². The predicted molar refractivity (Wildman–Crippen MR) is 254 cm³/mol. The van der Waals surface area contributed by atoms with Gasteiger partial charge in [0.05, 0.1) is 5.69 Å². The Balaban J connectivity index is 1.01. The fourth-order valence-corrected chi connectivity index (χ4v) is 10.2. The third-order valence-electron chi connectivity index (χ3n) is 13.4. The minimum Gasteiger partial charge on any atom is -0.310 e. The Hall–Kier alpha value is -7.30. The normalized spacial score (nSPS) is 13.9. The van der Waals surface area contributed by atoms with Crippen molar-refractivity contribution in [3.8, 4) is 33.4 Å². The first-order valence-corrected chi connectivity index (χ1v) is 21.3. The second kappa shape index (κ2) is 14.1. The van der Waals surface area contributed by atoms with Gasteiger partial charge < -0.3 is 9.80 Å². The molecular formula is C58H44F2N2. The van der Waals surface area contributed by atoms with E-state index in [4.69, 9.17) is 0 Å². The molecular weight excluding hydrogens is 763 g/mol. The lowest BCUT2D eigenvalue weighted by Crippen LogP contribution is -2.16. The van der Waals surface area contributed by atoms with Crippen molar-refractivity contribution in [3.63, 3.8) is 0 Å². The van der Waals surface area contributed by atoms with Crippen molar-refractivity contribution in [3.05, 3.63) is 228 Å². The lowest BCUT2D eigenvalue weighted by molar-refractivity contribution is 0.627. The fourth-order valence-electron chi connectivity index (χ4n) is 10.2. The number of hydrogen-bond donors (Lipinski definition) is 0. The summed E-state index contributed by atoms with van der Waals surface area (Å²) in [7, 11) is 0. The Morgan fingerprint density at radius 1 is 0.323 bits per heavy atom. The summed E-state index contributed by atoms with van der Waals surface area (Å²) >= 11 is 0. The number of anilines is 6. The molecule has 0 saturated heterocycles. The molecule has 0 aliphatic heterocycles. The maximum absolute atomic E-state index is 14.5. The SMILES string of the molecule is CC1(C)c2ccccc2-c2ccc(N(c3ccc(F)cc3)c3ccc(-c4ccc(N(c5ccc(F)cc5)c5ccc6c(c5)C(C)(C)c5ccccc5-6)c5ccccc45)cc3)cc21. The molecule has 0 amide bonds. The molecule has 2 nitrogen and oxygen atoms in total. The largest absolute Gasteiger partial charge is 0.310 e. The van der Waals surface area contributed by atoms with Crippen LogP contribution in [0.5, 0.6) is 0 Å². The van der Waals surface area contributed by atoms with Crippen LogP contribution in [0.15, 0.2) is 194 Å². The molecule has 9 aromatic rings. The van der Waals surface area contributed by atoms with Gasteiger partial charge in [-0.25, -0.2) is 8.78 Å². The van der Waals surface area contributed by atoms with Crippen molar-refractivity contribution in [1.82, 2.24) is 0 Å². The highest BCUT2D eigenvalue weighted by Crippen LogP contribution is 2.53. The first kappa shape index (κ1) is 37.7. The maximum atomic E-state index is 14.5. The van der Waals surface area contributed by atoms with Gasteiger partial charge in [0.1, 0.15) is 11.6 Å². The lowest BCUT2D eigenvalue weighted by atomic mass is 9.82. The molecule has 4 heteroatoms. The minimum atomic E-state index is -0.272. The molecule has 0 spiro atoms. The van der Waals surface area contributed by atoms with E-state index in [0.717, 1.165) is 56.0 Å². The van der Waals surface area contributed by atoms with E-state index < -0.39 is 0 Å². The average Bonchev–Trinajstić information content (AvgIpc) is 3.67. The fraction of sp³-hybridized carbons (Fsp3) is 0.103. The van der Waals surface area contributed by atoms with Crippen molar-refractivity contribution in [1.29, 1.82) is 0 Å². The number of fused-ring (bicyclic) bond motifs is 7. The highest BCUT2D eigenvalue weighted by atomic mass is 19.1. The van der Waals surface area contributed by atoms with E-state index in [1.165, 1.54) is 68.8 Å². The smallest absolute Gasteiger partial charge is 0.123 e. The highest BCUT2D eigenvalue weighted by molar-refractivity contribution is 6.06. The van der Waals surface area contributed by atoms with E-state index in [0.29, 0.717) is 0 Å². The first-order chi connectivity index (χ1) is 30.1. The molecule has 62 heavy (non-hydrogen) atoms. The van der Waals surface area contributed by atoms with E-state index in [2.05, 4.69) is 183 Å². The molecule has 0 atom stereocenters. The van der Waals surface area contributed by atoms with Gasteiger partial charge in [-0.15, -0.1) is 0 Å². The van der Waals surface area contributed by atoms with Crippen LogP contribution in [0.3, 0.4) is 0 Å². The molecule has 9 aromatic carbocycles. The molecule has 0 N–H and O–H groups in total. The summed E-state index contributed by atoms with van der Waals surface area (Å²) < 4.78 is 28.8. The summed E-state index contributed by atoms with van der Waals surface area (Å²) in [6, 6.07) is 65.9. The molecule has 11 rings (SSSR count). The molecule has 300 valence electrons. The van der Waals surface area contributed by atoms with Gasteiger partial charge in [0.15, 0.2) is 0 Å². The zero-order valence-electron chi connectivity index (χ0n) is 35.1. The summed E-state index contributed by atoms with van der Waals surface area (Å²) in [5.41, 5.74) is 17.8. The van der Waals surface area contributed by atoms with Crippen LogP contribution < -0.4 is 9.80 Å². The Labute approximate surface area is 362 Å². The second-order valence-corrected chi connectivity index (χ2v) is 17.6. The molecule has 0 saturated carbocycles. The molecule has 0 unspecified atom stereocenters. The van der Waals surface area contributed by atoms with Gasteiger partial charge in [-0.05, 0) is 152 Å². The standard InChI is InChI=1S/C58H44F2N2/c1-57(2)52-15-9-7-12-47(52)49-31-29-43(35-54(49)57)61(41-25-19-38(59)20-26-41)40-23-17-37(18-24-40)45-33-34-56(51-14-6-5-11-46(45)51)62(42-27-21-39(60)22-28-42)44-30-32-50-48-13-8-10-16-53(48)58(3,4)55(50)36-44/h5-36H,1-4H3. The Bertz CT molecular complexity index is 3200. The zero-order valence-corrected chi connectivity index (χ0v) is 35.1. The third-order valence-corrected chi connectivity index (χ3v) is 13.4. The molecule has 2 aliphatic rings. The van der Waals surface area contributed by atoms with Gasteiger partial charge in [-0.1, -0.05) is 131 Å². The molecule has 0 bridgehead atoms. The number of nitrogens with zero attached hydrogens (tertiary/aromatic N) is 2. The van der Waals surface area contributed by atoms with E-state index in [1.54, 1.807) is 0 Å². The van der Waals surface area contributed by atoms with Crippen molar-refractivity contribution in [2.45, 2.75) is 38.5 Å². The van der Waals surface area contributed by atoms with E-state index in [-0.39, 0.29) is 22.5 Å². The Kier molecular flexibility index (Phi) is 8.59. The highest BCUT2D eigenvalue weighted by Gasteiger charge is 2.37. The van der Waals surface area contributed by atoms with Crippen molar-refractivity contribution in [2.75, 3.05) is 9.80 Å². The monoisotopic (exact) mass is 806 g/mol. The number of benzene rings is 9. The van der Waals surface area contributed by atoms with Crippen LogP contribution in [0.25, 0.3) is 44.2 Å². The quantitative estimate of drug-likeness (QED) is 0.158. The van der Waals surface area contributed by atoms with Crippen LogP contribution in [-0.2, 0) is 10.8 Å². The molecule has 0 aromatic heterocycles. The molecule has 2 aliphatic carbocycles. The maximum Gasteiger partial charge on any atom is 0.123 e. The number of rotatable bonds is 7. The summed E-state index contributed by atoms with van der Waals surface area (Å²) in [4.78, 5) is 4.46. The molecule has 0 heterocycles. The average molecular weight is 807 g/mol. The van der Waals surface area contributed by atoms with Gasteiger partial charge >= 0.3 is 0 Å². The summed E-state index contributed by atoms with van der Waals surface area (Å²) in [5, 5.41) is 2.19. The number of hydrogen-bond acceptors (Lipinski definition) is 2. The van der Waals surface area contributed by atoms with Crippen molar-refractivity contribution < 1.29 is 8.78 Å². The predicted octanol–water partition coefficient (Wildman–Crippen LogP) is 16.3. The Morgan fingerprint density at radius 3 is 1.24 bits per heavy atom. The van der Waals surface area contributed by atoms with E-state index >= 15 is 0 Å². The van der Waals surface area contributed by atoms with Crippen LogP contribution in [0.2, 0.25) is 0 Å².